The van der Waals surface area contributed by atoms with E-state index in [1.165, 1.54) is 12.1 Å². The molecule has 0 bridgehead atoms. The molecule has 0 amide bonds. The van der Waals surface area contributed by atoms with Crippen molar-refractivity contribution in [3.8, 4) is 11.3 Å². The quantitative estimate of drug-likeness (QED) is 0.413. The summed E-state index contributed by atoms with van der Waals surface area (Å²) in [5.41, 5.74) is 2.62. The fourth-order valence-electron chi connectivity index (χ4n) is 2.61. The Balaban J connectivity index is 1.88. The topological polar surface area (TPSA) is 60.4 Å². The van der Waals surface area contributed by atoms with Crippen molar-refractivity contribution in [1.29, 1.82) is 0 Å². The first-order chi connectivity index (χ1) is 10.7. The van der Waals surface area contributed by atoms with E-state index < -0.39 is 4.92 Å². The van der Waals surface area contributed by atoms with Crippen LogP contribution >= 0.6 is 0 Å². The van der Waals surface area contributed by atoms with Crippen molar-refractivity contribution in [3.63, 3.8) is 0 Å². The van der Waals surface area contributed by atoms with Gasteiger partial charge in [0, 0.05) is 35.5 Å². The highest BCUT2D eigenvalue weighted by molar-refractivity contribution is 5.94. The second kappa shape index (κ2) is 4.66. The lowest BCUT2D eigenvalue weighted by Gasteiger charge is -1.98. The number of hydrogen-bond donors (Lipinski definition) is 0. The lowest BCUT2D eigenvalue weighted by molar-refractivity contribution is -0.384. The molecule has 0 aliphatic heterocycles. The maximum Gasteiger partial charge on any atom is 0.269 e. The molecule has 0 atom stereocenters. The maximum atomic E-state index is 10.7. The molecule has 0 unspecified atom stereocenters. The number of nitrogens with zero attached hydrogens (tertiary/aromatic N) is 3. The smallest absolute Gasteiger partial charge is 0.269 e. The van der Waals surface area contributed by atoms with E-state index in [1.807, 2.05) is 41.1 Å². The molecular formula is C17H11N3O2. The molecule has 2 aromatic carbocycles. The minimum absolute atomic E-state index is 0.0814. The molecule has 0 saturated carbocycles. The minimum Gasteiger partial charge on any atom is -0.306 e. The number of aromatic nitrogens is 2. The van der Waals surface area contributed by atoms with Crippen LogP contribution in [0.1, 0.15) is 0 Å². The molecule has 0 radical (unpaired) electrons. The number of non-ortho nitro benzene ring substituents is 1. The van der Waals surface area contributed by atoms with E-state index >= 15 is 0 Å². The first-order valence-corrected chi connectivity index (χ1v) is 6.84. The predicted molar refractivity (Wildman–Crippen MR) is 84.8 cm³/mol. The summed E-state index contributed by atoms with van der Waals surface area (Å²) in [7, 11) is 0. The molecule has 0 saturated heterocycles. The van der Waals surface area contributed by atoms with Gasteiger partial charge in [0.15, 0.2) is 0 Å². The highest BCUT2D eigenvalue weighted by Crippen LogP contribution is 2.25. The van der Waals surface area contributed by atoms with Gasteiger partial charge in [0.05, 0.1) is 10.6 Å². The van der Waals surface area contributed by atoms with Crippen LogP contribution in [0.3, 0.4) is 0 Å². The summed E-state index contributed by atoms with van der Waals surface area (Å²) in [6, 6.07) is 16.6. The van der Waals surface area contributed by atoms with Crippen LogP contribution in [0.15, 0.2) is 67.0 Å². The Labute approximate surface area is 125 Å². The largest absolute Gasteiger partial charge is 0.306 e. The van der Waals surface area contributed by atoms with Gasteiger partial charge in [0.25, 0.3) is 5.69 Å². The Hall–Kier alpha value is -3.21. The van der Waals surface area contributed by atoms with Crippen LogP contribution in [0.4, 0.5) is 5.69 Å². The number of pyridine rings is 1. The van der Waals surface area contributed by atoms with Crippen molar-refractivity contribution in [3.05, 3.63) is 77.1 Å². The number of nitro groups is 1. The van der Waals surface area contributed by atoms with Crippen LogP contribution < -0.4 is 0 Å². The fourth-order valence-corrected chi connectivity index (χ4v) is 2.61. The van der Waals surface area contributed by atoms with E-state index in [9.17, 15) is 10.1 Å². The molecule has 5 heteroatoms. The Morgan fingerprint density at radius 3 is 2.55 bits per heavy atom. The lowest BCUT2D eigenvalue weighted by atomic mass is 10.1. The van der Waals surface area contributed by atoms with Gasteiger partial charge < -0.3 is 4.40 Å². The zero-order valence-electron chi connectivity index (χ0n) is 11.5. The second-order valence-electron chi connectivity index (χ2n) is 5.06. The van der Waals surface area contributed by atoms with Crippen LogP contribution in [0.5, 0.6) is 0 Å². The third kappa shape index (κ3) is 1.91. The third-order valence-electron chi connectivity index (χ3n) is 3.72. The average Bonchev–Trinajstić information content (AvgIpc) is 2.99. The van der Waals surface area contributed by atoms with Gasteiger partial charge in [-0.15, -0.1) is 0 Å². The summed E-state index contributed by atoms with van der Waals surface area (Å²) >= 11 is 0. The first kappa shape index (κ1) is 12.5. The third-order valence-corrected chi connectivity index (χ3v) is 3.72. The molecule has 2 aromatic heterocycles. The van der Waals surface area contributed by atoms with Gasteiger partial charge in [0.1, 0.15) is 5.65 Å². The number of benzene rings is 2. The molecule has 0 N–H and O–H groups in total. The Bertz CT molecular complexity index is 1000. The Morgan fingerprint density at radius 2 is 1.77 bits per heavy atom. The molecule has 106 valence electrons. The molecule has 0 fully saturated rings. The van der Waals surface area contributed by atoms with Gasteiger partial charge in [-0.05, 0) is 23.6 Å². The van der Waals surface area contributed by atoms with Gasteiger partial charge in [-0.2, -0.15) is 0 Å². The van der Waals surface area contributed by atoms with E-state index in [-0.39, 0.29) is 5.69 Å². The van der Waals surface area contributed by atoms with E-state index in [4.69, 9.17) is 0 Å². The van der Waals surface area contributed by atoms with Gasteiger partial charge in [-0.3, -0.25) is 10.1 Å². The summed E-state index contributed by atoms with van der Waals surface area (Å²) in [5, 5.41) is 12.9. The number of hydrogen-bond acceptors (Lipinski definition) is 3. The molecule has 4 rings (SSSR count). The molecule has 5 nitrogen and oxygen atoms in total. The summed E-state index contributed by atoms with van der Waals surface area (Å²) in [4.78, 5) is 15.0. The normalized spacial score (nSPS) is 11.1. The molecule has 22 heavy (non-hydrogen) atoms. The van der Waals surface area contributed by atoms with Gasteiger partial charge in [-0.1, -0.05) is 24.3 Å². The van der Waals surface area contributed by atoms with Crippen LogP contribution in [0.2, 0.25) is 0 Å². The molecule has 0 aliphatic carbocycles. The van der Waals surface area contributed by atoms with E-state index in [0.29, 0.717) is 0 Å². The first-order valence-electron chi connectivity index (χ1n) is 6.84. The summed E-state index contributed by atoms with van der Waals surface area (Å²) in [5.74, 6) is 0. The molecule has 0 spiro atoms. The summed E-state index contributed by atoms with van der Waals surface area (Å²) in [6.45, 7) is 0. The maximum absolute atomic E-state index is 10.7. The van der Waals surface area contributed by atoms with Gasteiger partial charge in [-0.25, -0.2) is 4.98 Å². The number of nitro benzene ring substituents is 1. The van der Waals surface area contributed by atoms with E-state index in [0.717, 1.165) is 27.7 Å². The number of rotatable bonds is 2. The molecule has 2 heterocycles. The van der Waals surface area contributed by atoms with Crippen molar-refractivity contribution in [2.24, 2.45) is 0 Å². The monoisotopic (exact) mass is 289 g/mol. The van der Waals surface area contributed by atoms with E-state index in [2.05, 4.69) is 11.1 Å². The van der Waals surface area contributed by atoms with Crippen LogP contribution in [-0.2, 0) is 0 Å². The standard InChI is InChI=1S/C17H11N3O2/c21-20(22)14-7-5-13(6-8-14)16-11-19-10-9-12-3-1-2-4-15(12)17(19)18-16/h1-11H. The van der Waals surface area contributed by atoms with Crippen molar-refractivity contribution < 1.29 is 4.92 Å². The van der Waals surface area contributed by atoms with Crippen molar-refractivity contribution in [2.45, 2.75) is 0 Å². The van der Waals surface area contributed by atoms with Crippen LogP contribution in [0, 0.1) is 10.1 Å². The Kier molecular flexibility index (Phi) is 2.66. The van der Waals surface area contributed by atoms with E-state index in [1.54, 1.807) is 12.1 Å². The predicted octanol–water partition coefficient (Wildman–Crippen LogP) is 4.06. The second-order valence-corrected chi connectivity index (χ2v) is 5.06. The minimum atomic E-state index is -0.402. The highest BCUT2D eigenvalue weighted by Gasteiger charge is 2.09. The average molecular weight is 289 g/mol. The Morgan fingerprint density at radius 1 is 1.00 bits per heavy atom. The van der Waals surface area contributed by atoms with Crippen LogP contribution in [0.25, 0.3) is 27.7 Å². The zero-order chi connectivity index (χ0) is 15.1. The fraction of sp³-hybridized carbons (Fsp3) is 0. The molecular weight excluding hydrogens is 278 g/mol. The molecule has 0 aliphatic rings. The SMILES string of the molecule is O=[N+]([O-])c1ccc(-c2cn3ccc4ccccc4c3n2)cc1. The summed E-state index contributed by atoms with van der Waals surface area (Å²) < 4.78 is 1.97. The van der Waals surface area contributed by atoms with Gasteiger partial charge in [0.2, 0.25) is 0 Å². The zero-order valence-corrected chi connectivity index (χ0v) is 11.5. The van der Waals surface area contributed by atoms with Crippen molar-refractivity contribution >= 4 is 22.1 Å². The van der Waals surface area contributed by atoms with Crippen molar-refractivity contribution in [2.75, 3.05) is 0 Å². The summed E-state index contributed by atoms with van der Waals surface area (Å²) in [6.07, 6.45) is 3.91. The molecule has 4 aromatic rings. The van der Waals surface area contributed by atoms with Crippen molar-refractivity contribution in [1.82, 2.24) is 9.38 Å². The van der Waals surface area contributed by atoms with Gasteiger partial charge >= 0.3 is 0 Å². The number of fused-ring (bicyclic) bond motifs is 3. The van der Waals surface area contributed by atoms with Crippen LogP contribution in [-0.4, -0.2) is 14.3 Å². The highest BCUT2D eigenvalue weighted by atomic mass is 16.6. The lowest BCUT2D eigenvalue weighted by Crippen LogP contribution is -1.87. The number of imidazole rings is 1.